The maximum Gasteiger partial charge on any atom is 0.343 e. The lowest BCUT2D eigenvalue weighted by molar-refractivity contribution is 0.0735. The van der Waals surface area contributed by atoms with E-state index in [9.17, 15) is 4.79 Å². The molecule has 0 aromatic heterocycles. The standard InChI is InChI=1S/C31H38O2/c1-3-5-7-8-10-12-26-13-17-27(18-14-26)28-21-23-30(24-22-28)33-31(32)29-19-15-25(16-20-29)11-9-6-4-2/h13-24H,3-12H2,1-2H3. The Hall–Kier alpha value is -2.87. The third kappa shape index (κ3) is 8.20. The van der Waals surface area contributed by atoms with E-state index in [1.807, 2.05) is 48.5 Å². The Bertz CT molecular complexity index is 953. The summed E-state index contributed by atoms with van der Waals surface area (Å²) in [6.07, 6.45) is 12.4. The summed E-state index contributed by atoms with van der Waals surface area (Å²) in [7, 11) is 0. The van der Waals surface area contributed by atoms with Gasteiger partial charge < -0.3 is 4.74 Å². The maximum absolute atomic E-state index is 12.5. The predicted octanol–water partition coefficient (Wildman–Crippen LogP) is 8.82. The monoisotopic (exact) mass is 442 g/mol. The Kier molecular flexibility index (Phi) is 10.2. The SMILES string of the molecule is CCCCCCCc1ccc(-c2ccc(OC(=O)c3ccc(CCCCC)cc3)cc2)cc1. The van der Waals surface area contributed by atoms with E-state index in [0.717, 1.165) is 18.4 Å². The van der Waals surface area contributed by atoms with Gasteiger partial charge in [0.05, 0.1) is 5.56 Å². The van der Waals surface area contributed by atoms with Crippen LogP contribution in [0.2, 0.25) is 0 Å². The molecule has 174 valence electrons. The van der Waals surface area contributed by atoms with Gasteiger partial charge in [-0.1, -0.05) is 101 Å². The summed E-state index contributed by atoms with van der Waals surface area (Å²) in [5, 5.41) is 0. The molecular weight excluding hydrogens is 404 g/mol. The van der Waals surface area contributed by atoms with E-state index >= 15 is 0 Å². The summed E-state index contributed by atoms with van der Waals surface area (Å²) in [6, 6.07) is 24.4. The van der Waals surface area contributed by atoms with Gasteiger partial charge in [0.1, 0.15) is 5.75 Å². The molecule has 0 heterocycles. The van der Waals surface area contributed by atoms with E-state index in [1.165, 1.54) is 68.1 Å². The van der Waals surface area contributed by atoms with Gasteiger partial charge in [-0.25, -0.2) is 4.79 Å². The van der Waals surface area contributed by atoms with Gasteiger partial charge in [0.2, 0.25) is 0 Å². The van der Waals surface area contributed by atoms with Crippen LogP contribution in [-0.2, 0) is 12.8 Å². The molecule has 0 unspecified atom stereocenters. The Morgan fingerprint density at radius 1 is 0.576 bits per heavy atom. The molecule has 0 amide bonds. The first-order valence-corrected chi connectivity index (χ1v) is 12.7. The molecule has 3 aromatic carbocycles. The van der Waals surface area contributed by atoms with Crippen LogP contribution in [0.3, 0.4) is 0 Å². The Balaban J connectivity index is 1.51. The zero-order valence-corrected chi connectivity index (χ0v) is 20.3. The average Bonchev–Trinajstić information content (AvgIpc) is 2.85. The summed E-state index contributed by atoms with van der Waals surface area (Å²) in [5.41, 5.74) is 5.56. The van der Waals surface area contributed by atoms with Crippen molar-refractivity contribution in [1.29, 1.82) is 0 Å². The topological polar surface area (TPSA) is 26.3 Å². The highest BCUT2D eigenvalue weighted by Crippen LogP contribution is 2.24. The van der Waals surface area contributed by atoms with E-state index in [2.05, 4.69) is 38.1 Å². The number of rotatable bonds is 13. The Labute approximate surface area is 200 Å². The Morgan fingerprint density at radius 3 is 1.61 bits per heavy atom. The molecule has 0 aliphatic rings. The predicted molar refractivity (Wildman–Crippen MR) is 139 cm³/mol. The zero-order valence-electron chi connectivity index (χ0n) is 20.3. The number of ether oxygens (including phenoxy) is 1. The fraction of sp³-hybridized carbons (Fsp3) is 0.387. The minimum Gasteiger partial charge on any atom is -0.423 e. The van der Waals surface area contributed by atoms with Gasteiger partial charge in [0.25, 0.3) is 0 Å². The highest BCUT2D eigenvalue weighted by molar-refractivity contribution is 5.91. The highest BCUT2D eigenvalue weighted by atomic mass is 16.5. The summed E-state index contributed by atoms with van der Waals surface area (Å²) >= 11 is 0. The van der Waals surface area contributed by atoms with Crippen LogP contribution in [0.4, 0.5) is 0 Å². The number of carbonyl (C=O) groups excluding carboxylic acids is 1. The molecule has 0 saturated carbocycles. The summed E-state index contributed by atoms with van der Waals surface area (Å²) in [6.45, 7) is 4.46. The van der Waals surface area contributed by atoms with E-state index in [-0.39, 0.29) is 5.97 Å². The molecule has 0 bridgehead atoms. The molecule has 0 N–H and O–H groups in total. The van der Waals surface area contributed by atoms with Crippen molar-refractivity contribution in [2.75, 3.05) is 0 Å². The van der Waals surface area contributed by atoms with Crippen molar-refractivity contribution in [3.63, 3.8) is 0 Å². The van der Waals surface area contributed by atoms with Gasteiger partial charge in [-0.3, -0.25) is 0 Å². The molecule has 0 spiro atoms. The molecule has 0 aliphatic carbocycles. The number of carbonyl (C=O) groups is 1. The van der Waals surface area contributed by atoms with Crippen molar-refractivity contribution in [3.05, 3.63) is 89.5 Å². The average molecular weight is 443 g/mol. The molecule has 3 rings (SSSR count). The minimum absolute atomic E-state index is 0.314. The lowest BCUT2D eigenvalue weighted by Gasteiger charge is -2.08. The summed E-state index contributed by atoms with van der Waals surface area (Å²) in [5.74, 6) is 0.255. The molecule has 33 heavy (non-hydrogen) atoms. The van der Waals surface area contributed by atoms with Crippen molar-refractivity contribution >= 4 is 5.97 Å². The first-order valence-electron chi connectivity index (χ1n) is 12.7. The van der Waals surface area contributed by atoms with Crippen LogP contribution in [0.1, 0.15) is 86.7 Å². The number of benzene rings is 3. The van der Waals surface area contributed by atoms with Crippen molar-refractivity contribution in [3.8, 4) is 16.9 Å². The second-order valence-electron chi connectivity index (χ2n) is 8.93. The largest absolute Gasteiger partial charge is 0.423 e. The van der Waals surface area contributed by atoms with Crippen LogP contribution in [0.25, 0.3) is 11.1 Å². The lowest BCUT2D eigenvalue weighted by Crippen LogP contribution is -2.08. The smallest absolute Gasteiger partial charge is 0.343 e. The van der Waals surface area contributed by atoms with Crippen LogP contribution >= 0.6 is 0 Å². The second-order valence-corrected chi connectivity index (χ2v) is 8.93. The number of esters is 1. The molecule has 0 radical (unpaired) electrons. The van der Waals surface area contributed by atoms with Gasteiger partial charge in [0.15, 0.2) is 0 Å². The van der Waals surface area contributed by atoms with Crippen LogP contribution in [0, 0.1) is 0 Å². The van der Waals surface area contributed by atoms with Crippen molar-refractivity contribution in [2.24, 2.45) is 0 Å². The molecular formula is C31H38O2. The van der Waals surface area contributed by atoms with Gasteiger partial charge in [-0.15, -0.1) is 0 Å². The van der Waals surface area contributed by atoms with Crippen LogP contribution in [-0.4, -0.2) is 5.97 Å². The molecule has 0 aliphatic heterocycles. The molecule has 3 aromatic rings. The third-order valence-electron chi connectivity index (χ3n) is 6.18. The fourth-order valence-electron chi connectivity index (χ4n) is 4.06. The van der Waals surface area contributed by atoms with Crippen LogP contribution < -0.4 is 4.74 Å². The number of unbranched alkanes of at least 4 members (excludes halogenated alkanes) is 6. The first-order chi connectivity index (χ1) is 16.2. The van der Waals surface area contributed by atoms with Crippen molar-refractivity contribution in [1.82, 2.24) is 0 Å². The highest BCUT2D eigenvalue weighted by Gasteiger charge is 2.09. The zero-order chi connectivity index (χ0) is 23.3. The molecule has 0 fully saturated rings. The third-order valence-corrected chi connectivity index (χ3v) is 6.18. The van der Waals surface area contributed by atoms with Gasteiger partial charge in [0, 0.05) is 0 Å². The van der Waals surface area contributed by atoms with Crippen LogP contribution in [0.15, 0.2) is 72.8 Å². The van der Waals surface area contributed by atoms with Gasteiger partial charge in [-0.05, 0) is 72.2 Å². The summed E-state index contributed by atoms with van der Waals surface area (Å²) < 4.78 is 5.58. The first kappa shape index (κ1) is 24.8. The number of hydrogen-bond acceptors (Lipinski definition) is 2. The molecule has 2 nitrogen and oxygen atoms in total. The Morgan fingerprint density at radius 2 is 1.03 bits per heavy atom. The van der Waals surface area contributed by atoms with E-state index in [0.29, 0.717) is 11.3 Å². The van der Waals surface area contributed by atoms with E-state index in [4.69, 9.17) is 4.74 Å². The van der Waals surface area contributed by atoms with Crippen LogP contribution in [0.5, 0.6) is 5.75 Å². The number of aryl methyl sites for hydroxylation is 2. The lowest BCUT2D eigenvalue weighted by atomic mass is 10.0. The van der Waals surface area contributed by atoms with Crippen molar-refractivity contribution < 1.29 is 9.53 Å². The normalized spacial score (nSPS) is 10.8. The molecule has 0 atom stereocenters. The summed E-state index contributed by atoms with van der Waals surface area (Å²) in [4.78, 5) is 12.5. The molecule has 2 heteroatoms. The van der Waals surface area contributed by atoms with E-state index in [1.54, 1.807) is 0 Å². The second kappa shape index (κ2) is 13.6. The molecule has 0 saturated heterocycles. The van der Waals surface area contributed by atoms with Gasteiger partial charge in [-0.2, -0.15) is 0 Å². The van der Waals surface area contributed by atoms with Gasteiger partial charge >= 0.3 is 5.97 Å². The fourth-order valence-corrected chi connectivity index (χ4v) is 4.06. The number of hydrogen-bond donors (Lipinski definition) is 0. The van der Waals surface area contributed by atoms with Crippen molar-refractivity contribution in [2.45, 2.75) is 78.1 Å². The van der Waals surface area contributed by atoms with E-state index < -0.39 is 0 Å². The quantitative estimate of drug-likeness (QED) is 0.150. The maximum atomic E-state index is 12.5. The minimum atomic E-state index is -0.314.